The Bertz CT molecular complexity index is 247. The Balaban J connectivity index is 1.94. The van der Waals surface area contributed by atoms with Crippen LogP contribution in [0.3, 0.4) is 0 Å². The smallest absolute Gasteiger partial charge is 0.306 e. The second kappa shape index (κ2) is 11.1. The molecule has 0 bridgehead atoms. The molecular weight excluding hydrogens is 252 g/mol. The van der Waals surface area contributed by atoms with Gasteiger partial charge in [0.1, 0.15) is 0 Å². The van der Waals surface area contributed by atoms with Crippen LogP contribution in [0, 0.1) is 0 Å². The molecule has 1 aliphatic heterocycles. The van der Waals surface area contributed by atoms with E-state index in [4.69, 9.17) is 9.47 Å². The second-order valence-electron chi connectivity index (χ2n) is 6.03. The van der Waals surface area contributed by atoms with Crippen molar-refractivity contribution < 1.29 is 14.3 Å². The molecule has 118 valence electrons. The average molecular weight is 284 g/mol. The summed E-state index contributed by atoms with van der Waals surface area (Å²) in [6.45, 7) is 5.11. The summed E-state index contributed by atoms with van der Waals surface area (Å²) < 4.78 is 11.0. The van der Waals surface area contributed by atoms with Crippen LogP contribution in [0.15, 0.2) is 0 Å². The van der Waals surface area contributed by atoms with Crippen LogP contribution in [0.1, 0.15) is 84.5 Å². The van der Waals surface area contributed by atoms with Crippen molar-refractivity contribution in [2.45, 2.75) is 96.7 Å². The quantitative estimate of drug-likeness (QED) is 0.410. The number of rotatable bonds is 11. The predicted octanol–water partition coefficient (Wildman–Crippen LogP) is 4.63. The van der Waals surface area contributed by atoms with E-state index >= 15 is 0 Å². The maximum atomic E-state index is 11.7. The molecule has 3 heteroatoms. The molecule has 0 aromatic heterocycles. The average Bonchev–Trinajstić information content (AvgIpc) is 2.93. The number of ether oxygens (including phenoxy) is 2. The first-order chi connectivity index (χ1) is 9.72. The molecule has 0 saturated carbocycles. The van der Waals surface area contributed by atoms with Crippen LogP contribution in [-0.2, 0) is 14.3 Å². The van der Waals surface area contributed by atoms with Gasteiger partial charge in [-0.3, -0.25) is 4.79 Å². The van der Waals surface area contributed by atoms with Gasteiger partial charge in [-0.1, -0.05) is 39.0 Å². The fourth-order valence-corrected chi connectivity index (χ4v) is 2.68. The molecule has 0 aromatic rings. The van der Waals surface area contributed by atoms with Crippen molar-refractivity contribution in [1.82, 2.24) is 0 Å². The van der Waals surface area contributed by atoms with Crippen molar-refractivity contribution in [2.75, 3.05) is 6.61 Å². The zero-order chi connectivity index (χ0) is 14.6. The minimum absolute atomic E-state index is 0.0275. The third kappa shape index (κ3) is 8.57. The van der Waals surface area contributed by atoms with Gasteiger partial charge in [-0.15, -0.1) is 0 Å². The van der Waals surface area contributed by atoms with Gasteiger partial charge in [-0.25, -0.2) is 0 Å². The molecule has 0 amide bonds. The maximum Gasteiger partial charge on any atom is 0.306 e. The molecule has 1 saturated heterocycles. The van der Waals surface area contributed by atoms with Gasteiger partial charge in [-0.05, 0) is 39.0 Å². The van der Waals surface area contributed by atoms with Crippen LogP contribution < -0.4 is 0 Å². The van der Waals surface area contributed by atoms with Gasteiger partial charge in [0, 0.05) is 13.0 Å². The zero-order valence-corrected chi connectivity index (χ0v) is 13.4. The van der Waals surface area contributed by atoms with Crippen LogP contribution in [-0.4, -0.2) is 24.8 Å². The summed E-state index contributed by atoms with van der Waals surface area (Å²) in [6.07, 6.45) is 12.5. The highest BCUT2D eigenvalue weighted by Gasteiger charge is 2.17. The number of carbonyl (C=O) groups excluding carboxylic acids is 1. The molecule has 1 fully saturated rings. The van der Waals surface area contributed by atoms with Crippen LogP contribution in [0.2, 0.25) is 0 Å². The van der Waals surface area contributed by atoms with E-state index in [0.29, 0.717) is 12.5 Å². The van der Waals surface area contributed by atoms with Crippen LogP contribution in [0.4, 0.5) is 0 Å². The molecule has 0 N–H and O–H groups in total. The van der Waals surface area contributed by atoms with E-state index in [1.54, 1.807) is 0 Å². The molecule has 0 unspecified atom stereocenters. The lowest BCUT2D eigenvalue weighted by atomic mass is 10.1. The minimum atomic E-state index is -0.0275. The van der Waals surface area contributed by atoms with Gasteiger partial charge in [0.15, 0.2) is 0 Å². The lowest BCUT2D eigenvalue weighted by molar-refractivity contribution is -0.148. The SMILES string of the molecule is CCCCCCCCC(=O)O[C@@H](C)CC[C@H]1CCCO1. The molecule has 1 rings (SSSR count). The molecule has 1 heterocycles. The number of hydrogen-bond donors (Lipinski definition) is 0. The van der Waals surface area contributed by atoms with E-state index in [2.05, 4.69) is 6.92 Å². The van der Waals surface area contributed by atoms with Gasteiger partial charge < -0.3 is 9.47 Å². The van der Waals surface area contributed by atoms with Gasteiger partial charge in [0.05, 0.1) is 12.2 Å². The van der Waals surface area contributed by atoms with E-state index < -0.39 is 0 Å². The predicted molar refractivity (Wildman–Crippen MR) is 81.8 cm³/mol. The number of carbonyl (C=O) groups is 1. The maximum absolute atomic E-state index is 11.7. The highest BCUT2D eigenvalue weighted by atomic mass is 16.5. The molecule has 3 nitrogen and oxygen atoms in total. The monoisotopic (exact) mass is 284 g/mol. The third-order valence-electron chi connectivity index (χ3n) is 3.99. The largest absolute Gasteiger partial charge is 0.463 e. The molecule has 0 spiro atoms. The molecule has 2 atom stereocenters. The van der Waals surface area contributed by atoms with Crippen molar-refractivity contribution >= 4 is 5.97 Å². The van der Waals surface area contributed by atoms with E-state index in [0.717, 1.165) is 32.3 Å². The third-order valence-corrected chi connectivity index (χ3v) is 3.99. The lowest BCUT2D eigenvalue weighted by Crippen LogP contribution is -2.17. The van der Waals surface area contributed by atoms with E-state index in [-0.39, 0.29) is 12.1 Å². The van der Waals surface area contributed by atoms with E-state index in [9.17, 15) is 4.79 Å². The summed E-state index contributed by atoms with van der Waals surface area (Å²) in [4.78, 5) is 11.7. The highest BCUT2D eigenvalue weighted by molar-refractivity contribution is 5.69. The second-order valence-corrected chi connectivity index (χ2v) is 6.03. The first kappa shape index (κ1) is 17.5. The molecule has 1 aliphatic rings. The van der Waals surface area contributed by atoms with Gasteiger partial charge in [0.25, 0.3) is 0 Å². The van der Waals surface area contributed by atoms with Crippen molar-refractivity contribution in [2.24, 2.45) is 0 Å². The summed E-state index contributed by atoms with van der Waals surface area (Å²) in [6, 6.07) is 0. The molecule has 0 radical (unpaired) electrons. The van der Waals surface area contributed by atoms with E-state index in [1.807, 2.05) is 6.92 Å². The van der Waals surface area contributed by atoms with Crippen molar-refractivity contribution in [3.05, 3.63) is 0 Å². The van der Waals surface area contributed by atoms with Crippen molar-refractivity contribution in [1.29, 1.82) is 0 Å². The van der Waals surface area contributed by atoms with Gasteiger partial charge in [0.2, 0.25) is 0 Å². The first-order valence-corrected chi connectivity index (χ1v) is 8.53. The standard InChI is InChI=1S/C17H32O3/c1-3-4-5-6-7-8-11-17(18)20-15(2)12-13-16-10-9-14-19-16/h15-16H,3-14H2,1-2H3/t15-,16+/m0/s1. The first-order valence-electron chi connectivity index (χ1n) is 8.53. The minimum Gasteiger partial charge on any atom is -0.463 e. The van der Waals surface area contributed by atoms with Crippen LogP contribution in [0.25, 0.3) is 0 Å². The number of hydrogen-bond acceptors (Lipinski definition) is 3. The summed E-state index contributed by atoms with van der Waals surface area (Å²) in [5.74, 6) is -0.0275. The summed E-state index contributed by atoms with van der Waals surface area (Å²) in [7, 11) is 0. The Morgan fingerprint density at radius 2 is 2.00 bits per heavy atom. The Hall–Kier alpha value is -0.570. The summed E-state index contributed by atoms with van der Waals surface area (Å²) in [5, 5.41) is 0. The van der Waals surface area contributed by atoms with Crippen LogP contribution in [0.5, 0.6) is 0 Å². The van der Waals surface area contributed by atoms with Crippen molar-refractivity contribution in [3.8, 4) is 0 Å². The molecule has 0 aromatic carbocycles. The van der Waals surface area contributed by atoms with E-state index in [1.165, 1.54) is 38.5 Å². The highest BCUT2D eigenvalue weighted by Crippen LogP contribution is 2.18. The van der Waals surface area contributed by atoms with Crippen LogP contribution >= 0.6 is 0 Å². The molecule has 0 aliphatic carbocycles. The Morgan fingerprint density at radius 3 is 2.70 bits per heavy atom. The fourth-order valence-electron chi connectivity index (χ4n) is 2.68. The Labute approximate surface area is 124 Å². The number of unbranched alkanes of at least 4 members (excludes halogenated alkanes) is 5. The lowest BCUT2D eigenvalue weighted by Gasteiger charge is -2.15. The fraction of sp³-hybridized carbons (Fsp3) is 0.941. The number of esters is 1. The van der Waals surface area contributed by atoms with Gasteiger partial charge >= 0.3 is 5.97 Å². The summed E-state index contributed by atoms with van der Waals surface area (Å²) in [5.41, 5.74) is 0. The summed E-state index contributed by atoms with van der Waals surface area (Å²) >= 11 is 0. The Kier molecular flexibility index (Phi) is 9.73. The van der Waals surface area contributed by atoms with Crippen molar-refractivity contribution in [3.63, 3.8) is 0 Å². The topological polar surface area (TPSA) is 35.5 Å². The molecular formula is C17H32O3. The molecule has 20 heavy (non-hydrogen) atoms. The Morgan fingerprint density at radius 1 is 1.25 bits per heavy atom. The zero-order valence-electron chi connectivity index (χ0n) is 13.4. The van der Waals surface area contributed by atoms with Gasteiger partial charge in [-0.2, -0.15) is 0 Å². The normalized spacial score (nSPS) is 20.0.